The summed E-state index contributed by atoms with van der Waals surface area (Å²) in [5.41, 5.74) is 1.60. The van der Waals surface area contributed by atoms with E-state index in [0.717, 1.165) is 10.5 Å². The molecule has 0 aromatic heterocycles. The Morgan fingerprint density at radius 2 is 1.71 bits per heavy atom. The Labute approximate surface area is 178 Å². The highest BCUT2D eigenvalue weighted by Crippen LogP contribution is 2.33. The maximum atomic E-state index is 12.8. The Kier molecular flexibility index (Phi) is 6.78. The number of rotatable bonds is 7. The van der Waals surface area contributed by atoms with Crippen LogP contribution < -0.4 is 9.46 Å². The molecule has 0 radical (unpaired) electrons. The molecule has 3 rings (SSSR count). The van der Waals surface area contributed by atoms with Crippen LogP contribution in [0.2, 0.25) is 10.0 Å². The van der Waals surface area contributed by atoms with Gasteiger partial charge in [0.1, 0.15) is 5.75 Å². The zero-order valence-corrected chi connectivity index (χ0v) is 18.0. The Morgan fingerprint density at radius 1 is 1.00 bits per heavy atom. The second-order valence-corrected chi connectivity index (χ2v) is 9.36. The van der Waals surface area contributed by atoms with Crippen molar-refractivity contribution in [2.45, 2.75) is 15.5 Å². The second kappa shape index (κ2) is 9.09. The fourth-order valence-corrected chi connectivity index (χ4v) is 5.02. The highest BCUT2D eigenvalue weighted by atomic mass is 35.5. The summed E-state index contributed by atoms with van der Waals surface area (Å²) in [4.78, 5) is 0.886. The van der Waals surface area contributed by atoms with Crippen molar-refractivity contribution in [2.24, 2.45) is 0 Å². The average molecular weight is 454 g/mol. The zero-order chi connectivity index (χ0) is 20.1. The first kappa shape index (κ1) is 20.9. The van der Waals surface area contributed by atoms with Crippen molar-refractivity contribution >= 4 is 50.7 Å². The first-order valence-corrected chi connectivity index (χ1v) is 11.4. The minimum atomic E-state index is -3.79. The van der Waals surface area contributed by atoms with Gasteiger partial charge in [0.15, 0.2) is 0 Å². The van der Waals surface area contributed by atoms with E-state index >= 15 is 0 Å². The molecular weight excluding hydrogens is 437 g/mol. The Bertz CT molecular complexity index is 1070. The molecule has 0 atom stereocenters. The van der Waals surface area contributed by atoms with Crippen molar-refractivity contribution in [3.63, 3.8) is 0 Å². The summed E-state index contributed by atoms with van der Waals surface area (Å²) in [6, 6.07) is 19.2. The van der Waals surface area contributed by atoms with Gasteiger partial charge in [-0.3, -0.25) is 4.72 Å². The van der Waals surface area contributed by atoms with Crippen LogP contribution in [-0.4, -0.2) is 15.5 Å². The Hall–Kier alpha value is -1.86. The van der Waals surface area contributed by atoms with Crippen LogP contribution in [-0.2, 0) is 15.8 Å². The molecule has 0 aliphatic heterocycles. The van der Waals surface area contributed by atoms with E-state index in [-0.39, 0.29) is 9.92 Å². The van der Waals surface area contributed by atoms with E-state index in [9.17, 15) is 8.42 Å². The molecule has 3 aromatic rings. The van der Waals surface area contributed by atoms with Crippen LogP contribution >= 0.6 is 35.0 Å². The highest BCUT2D eigenvalue weighted by Gasteiger charge is 2.18. The van der Waals surface area contributed by atoms with Crippen LogP contribution in [0.5, 0.6) is 5.75 Å². The minimum absolute atomic E-state index is 0.0656. The van der Waals surface area contributed by atoms with E-state index in [0.29, 0.717) is 22.2 Å². The standard InChI is InChI=1S/C20H17Cl2NO3S2/c1-26-19-11-10-16(12-17(19)22)28(24,25)23-18-4-2-3-5-20(18)27-13-14-6-8-15(21)9-7-14/h2-12,23H,13H2,1H3. The second-order valence-electron chi connectivity index (χ2n) is 5.81. The van der Waals surface area contributed by atoms with E-state index in [1.54, 1.807) is 12.1 Å². The summed E-state index contributed by atoms with van der Waals surface area (Å²) in [7, 11) is -2.32. The predicted octanol–water partition coefficient (Wildman–Crippen LogP) is 6.10. The van der Waals surface area contributed by atoms with Crippen molar-refractivity contribution in [2.75, 3.05) is 11.8 Å². The molecule has 0 spiro atoms. The molecule has 0 unspecified atom stereocenters. The summed E-state index contributed by atoms with van der Waals surface area (Å²) < 4.78 is 33.3. The van der Waals surface area contributed by atoms with Crippen LogP contribution in [0, 0.1) is 0 Å². The Balaban J connectivity index is 1.80. The van der Waals surface area contributed by atoms with Crippen LogP contribution in [0.25, 0.3) is 0 Å². The van der Waals surface area contributed by atoms with Crippen molar-refractivity contribution in [1.82, 2.24) is 0 Å². The molecule has 0 amide bonds. The smallest absolute Gasteiger partial charge is 0.261 e. The number of benzene rings is 3. The van der Waals surface area contributed by atoms with E-state index in [1.165, 1.54) is 37.1 Å². The number of sulfonamides is 1. The summed E-state index contributed by atoms with van der Waals surface area (Å²) in [6.45, 7) is 0. The van der Waals surface area contributed by atoms with E-state index < -0.39 is 10.0 Å². The molecule has 0 saturated heterocycles. The fraction of sp³-hybridized carbons (Fsp3) is 0.100. The molecule has 0 heterocycles. The van der Waals surface area contributed by atoms with Crippen molar-refractivity contribution < 1.29 is 13.2 Å². The molecule has 0 aliphatic rings. The molecule has 146 valence electrons. The molecular formula is C20H17Cl2NO3S2. The molecule has 4 nitrogen and oxygen atoms in total. The van der Waals surface area contributed by atoms with E-state index in [4.69, 9.17) is 27.9 Å². The summed E-state index contributed by atoms with van der Waals surface area (Å²) in [5, 5.41) is 0.913. The molecule has 8 heteroatoms. The van der Waals surface area contributed by atoms with E-state index in [2.05, 4.69) is 4.72 Å². The monoisotopic (exact) mass is 453 g/mol. The van der Waals surface area contributed by atoms with Crippen LogP contribution in [0.1, 0.15) is 5.56 Å². The maximum Gasteiger partial charge on any atom is 0.261 e. The predicted molar refractivity (Wildman–Crippen MR) is 116 cm³/mol. The largest absolute Gasteiger partial charge is 0.495 e. The number of halogens is 2. The first-order chi connectivity index (χ1) is 13.4. The van der Waals surface area contributed by atoms with Gasteiger partial charge in [-0.1, -0.05) is 47.5 Å². The quantitative estimate of drug-likeness (QED) is 0.439. The van der Waals surface area contributed by atoms with Gasteiger partial charge in [0, 0.05) is 15.7 Å². The molecule has 1 N–H and O–H groups in total. The molecule has 0 fully saturated rings. The molecule has 0 bridgehead atoms. The van der Waals surface area contributed by atoms with Gasteiger partial charge in [-0.2, -0.15) is 0 Å². The fourth-order valence-electron chi connectivity index (χ4n) is 2.44. The number of thioether (sulfide) groups is 1. The van der Waals surface area contributed by atoms with Gasteiger partial charge in [-0.25, -0.2) is 8.42 Å². The van der Waals surface area contributed by atoms with Crippen LogP contribution in [0.3, 0.4) is 0 Å². The normalized spacial score (nSPS) is 11.2. The number of methoxy groups -OCH3 is 1. The van der Waals surface area contributed by atoms with Crippen molar-refractivity contribution in [1.29, 1.82) is 0 Å². The van der Waals surface area contributed by atoms with Crippen LogP contribution in [0.4, 0.5) is 5.69 Å². The van der Waals surface area contributed by atoms with Crippen LogP contribution in [0.15, 0.2) is 76.5 Å². The maximum absolute atomic E-state index is 12.8. The first-order valence-electron chi connectivity index (χ1n) is 8.22. The Morgan fingerprint density at radius 3 is 2.39 bits per heavy atom. The van der Waals surface area contributed by atoms with Gasteiger partial charge < -0.3 is 4.74 Å². The number of para-hydroxylation sites is 1. The van der Waals surface area contributed by atoms with Gasteiger partial charge in [-0.05, 0) is 48.0 Å². The molecule has 28 heavy (non-hydrogen) atoms. The summed E-state index contributed by atoms with van der Waals surface area (Å²) in [5.74, 6) is 1.10. The van der Waals surface area contributed by atoms with Gasteiger partial charge >= 0.3 is 0 Å². The highest BCUT2D eigenvalue weighted by molar-refractivity contribution is 7.98. The van der Waals surface area contributed by atoms with Gasteiger partial charge in [0.25, 0.3) is 10.0 Å². The lowest BCUT2D eigenvalue weighted by molar-refractivity contribution is 0.414. The van der Waals surface area contributed by atoms with Crippen molar-refractivity contribution in [3.8, 4) is 5.75 Å². The molecule has 3 aromatic carbocycles. The average Bonchev–Trinajstić information content (AvgIpc) is 2.68. The van der Waals surface area contributed by atoms with Gasteiger partial charge in [0.2, 0.25) is 0 Å². The lowest BCUT2D eigenvalue weighted by atomic mass is 10.2. The zero-order valence-electron chi connectivity index (χ0n) is 14.9. The topological polar surface area (TPSA) is 55.4 Å². The molecule has 0 aliphatic carbocycles. The minimum Gasteiger partial charge on any atom is -0.495 e. The van der Waals surface area contributed by atoms with Gasteiger partial charge in [-0.15, -0.1) is 11.8 Å². The molecule has 0 saturated carbocycles. The van der Waals surface area contributed by atoms with E-state index in [1.807, 2.05) is 36.4 Å². The third kappa shape index (κ3) is 5.14. The number of nitrogens with one attached hydrogen (secondary N) is 1. The number of anilines is 1. The third-order valence-electron chi connectivity index (χ3n) is 3.87. The SMILES string of the molecule is COc1ccc(S(=O)(=O)Nc2ccccc2SCc2ccc(Cl)cc2)cc1Cl. The summed E-state index contributed by atoms with van der Waals surface area (Å²) in [6.07, 6.45) is 0. The number of hydrogen-bond donors (Lipinski definition) is 1. The number of ether oxygens (including phenoxy) is 1. The van der Waals surface area contributed by atoms with Crippen molar-refractivity contribution in [3.05, 3.63) is 82.3 Å². The third-order valence-corrected chi connectivity index (χ3v) is 6.93. The summed E-state index contributed by atoms with van der Waals surface area (Å²) >= 11 is 13.5. The lowest BCUT2D eigenvalue weighted by Gasteiger charge is -2.13. The lowest BCUT2D eigenvalue weighted by Crippen LogP contribution is -2.13. The van der Waals surface area contributed by atoms with Gasteiger partial charge in [0.05, 0.1) is 22.7 Å². The number of hydrogen-bond acceptors (Lipinski definition) is 4.